The predicted molar refractivity (Wildman–Crippen MR) is 85.2 cm³/mol. The molecule has 0 unspecified atom stereocenters. The van der Waals surface area contributed by atoms with Crippen LogP contribution < -0.4 is 11.1 Å². The Balaban J connectivity index is 1.59. The molecule has 114 valence electrons. The Morgan fingerprint density at radius 1 is 1.26 bits per heavy atom. The van der Waals surface area contributed by atoms with Gasteiger partial charge in [0, 0.05) is 11.1 Å². The van der Waals surface area contributed by atoms with Crippen molar-refractivity contribution in [2.75, 3.05) is 5.32 Å². The second-order valence-corrected chi connectivity index (χ2v) is 5.14. The molecule has 23 heavy (non-hydrogen) atoms. The van der Waals surface area contributed by atoms with Crippen molar-refractivity contribution in [1.82, 2.24) is 14.8 Å². The van der Waals surface area contributed by atoms with Gasteiger partial charge in [0.2, 0.25) is 5.91 Å². The Bertz CT molecular complexity index is 1070. The number of oxazole rings is 1. The van der Waals surface area contributed by atoms with Crippen LogP contribution in [-0.2, 0) is 11.3 Å². The summed E-state index contributed by atoms with van der Waals surface area (Å²) in [5, 5.41) is 10.4. The number of anilines is 1. The maximum atomic E-state index is 12.2. The van der Waals surface area contributed by atoms with E-state index in [-0.39, 0.29) is 12.5 Å². The number of fused-ring (bicyclic) bond motifs is 2. The lowest BCUT2D eigenvalue weighted by molar-refractivity contribution is -0.116. The first kappa shape index (κ1) is 13.3. The molecular formula is C16H12N4O3. The van der Waals surface area contributed by atoms with Gasteiger partial charge in [-0.2, -0.15) is 5.10 Å². The fourth-order valence-corrected chi connectivity index (χ4v) is 2.53. The normalized spacial score (nSPS) is 11.1. The van der Waals surface area contributed by atoms with Crippen LogP contribution in [0, 0.1) is 0 Å². The van der Waals surface area contributed by atoms with Crippen molar-refractivity contribution in [3.63, 3.8) is 0 Å². The number of rotatable bonds is 3. The Kier molecular flexibility index (Phi) is 2.97. The maximum Gasteiger partial charge on any atom is 0.420 e. The van der Waals surface area contributed by atoms with Crippen LogP contribution in [0.15, 0.2) is 57.9 Å². The standard InChI is InChI=1S/C16H12N4O3/c21-15(18-11-5-6-12-10(7-11)8-17-19-12)9-20-13-3-1-2-4-14(13)23-16(20)22/h1-8H,9H2,(H,17,19)(H,18,21). The molecule has 0 aliphatic carbocycles. The molecule has 2 N–H and O–H groups in total. The summed E-state index contributed by atoms with van der Waals surface area (Å²) in [7, 11) is 0. The van der Waals surface area contributed by atoms with Crippen LogP contribution in [0.4, 0.5) is 5.69 Å². The van der Waals surface area contributed by atoms with Crippen LogP contribution in [0.2, 0.25) is 0 Å². The Morgan fingerprint density at radius 3 is 3.04 bits per heavy atom. The monoisotopic (exact) mass is 308 g/mol. The van der Waals surface area contributed by atoms with Crippen molar-refractivity contribution in [3.05, 3.63) is 59.2 Å². The van der Waals surface area contributed by atoms with Gasteiger partial charge >= 0.3 is 5.76 Å². The molecule has 0 saturated heterocycles. The van der Waals surface area contributed by atoms with E-state index in [0.29, 0.717) is 16.8 Å². The van der Waals surface area contributed by atoms with Crippen molar-refractivity contribution in [2.45, 2.75) is 6.54 Å². The van der Waals surface area contributed by atoms with E-state index in [9.17, 15) is 9.59 Å². The van der Waals surface area contributed by atoms with E-state index in [0.717, 1.165) is 10.9 Å². The van der Waals surface area contributed by atoms with Crippen molar-refractivity contribution in [2.24, 2.45) is 0 Å². The lowest BCUT2D eigenvalue weighted by Gasteiger charge is -2.05. The van der Waals surface area contributed by atoms with Gasteiger partial charge in [-0.05, 0) is 30.3 Å². The number of H-pyrrole nitrogens is 1. The molecule has 1 amide bonds. The Morgan fingerprint density at radius 2 is 2.13 bits per heavy atom. The molecule has 0 radical (unpaired) electrons. The number of carbonyl (C=O) groups is 1. The fraction of sp³-hybridized carbons (Fsp3) is 0.0625. The van der Waals surface area contributed by atoms with Crippen LogP contribution in [0.3, 0.4) is 0 Å². The zero-order valence-electron chi connectivity index (χ0n) is 11.9. The summed E-state index contributed by atoms with van der Waals surface area (Å²) in [6.07, 6.45) is 1.68. The van der Waals surface area contributed by atoms with E-state index >= 15 is 0 Å². The average molecular weight is 308 g/mol. The minimum atomic E-state index is -0.549. The second kappa shape index (κ2) is 5.13. The largest absolute Gasteiger partial charge is 0.420 e. The van der Waals surface area contributed by atoms with Gasteiger partial charge in [0.1, 0.15) is 6.54 Å². The first-order valence-electron chi connectivity index (χ1n) is 7.02. The summed E-state index contributed by atoms with van der Waals surface area (Å²) >= 11 is 0. The molecule has 4 aromatic rings. The highest BCUT2D eigenvalue weighted by molar-refractivity contribution is 5.94. The highest BCUT2D eigenvalue weighted by Crippen LogP contribution is 2.17. The lowest BCUT2D eigenvalue weighted by atomic mass is 10.2. The van der Waals surface area contributed by atoms with Crippen LogP contribution in [0.1, 0.15) is 0 Å². The number of para-hydroxylation sites is 2. The van der Waals surface area contributed by atoms with Gasteiger partial charge in [-0.25, -0.2) is 4.79 Å². The third-order valence-corrected chi connectivity index (χ3v) is 3.60. The van der Waals surface area contributed by atoms with E-state index in [1.807, 2.05) is 12.1 Å². The molecule has 0 bridgehead atoms. The molecule has 0 fully saturated rings. The number of hydrogen-bond donors (Lipinski definition) is 2. The number of nitrogens with one attached hydrogen (secondary N) is 2. The van der Waals surface area contributed by atoms with Gasteiger partial charge in [-0.3, -0.25) is 14.5 Å². The number of nitrogens with zero attached hydrogens (tertiary/aromatic N) is 2. The van der Waals surface area contributed by atoms with Crippen LogP contribution in [0.5, 0.6) is 0 Å². The molecular weight excluding hydrogens is 296 g/mol. The van der Waals surface area contributed by atoms with E-state index in [1.165, 1.54) is 4.57 Å². The Labute approximate surface area is 129 Å². The number of aromatic amines is 1. The van der Waals surface area contributed by atoms with Crippen molar-refractivity contribution < 1.29 is 9.21 Å². The van der Waals surface area contributed by atoms with Crippen molar-refractivity contribution in [1.29, 1.82) is 0 Å². The third kappa shape index (κ3) is 2.38. The minimum Gasteiger partial charge on any atom is -0.408 e. The van der Waals surface area contributed by atoms with Crippen LogP contribution in [-0.4, -0.2) is 20.7 Å². The van der Waals surface area contributed by atoms with Gasteiger partial charge in [-0.1, -0.05) is 12.1 Å². The molecule has 7 heteroatoms. The van der Waals surface area contributed by atoms with Gasteiger partial charge in [0.15, 0.2) is 5.58 Å². The molecule has 2 aromatic heterocycles. The fourth-order valence-electron chi connectivity index (χ4n) is 2.53. The summed E-state index contributed by atoms with van der Waals surface area (Å²) in [5.41, 5.74) is 2.59. The molecule has 2 heterocycles. The van der Waals surface area contributed by atoms with E-state index in [4.69, 9.17) is 4.42 Å². The molecule has 0 atom stereocenters. The molecule has 0 aliphatic heterocycles. The first-order valence-corrected chi connectivity index (χ1v) is 7.02. The number of hydrogen-bond acceptors (Lipinski definition) is 4. The summed E-state index contributed by atoms with van der Waals surface area (Å²) in [6, 6.07) is 12.4. The Hall–Kier alpha value is -3.35. The van der Waals surface area contributed by atoms with Crippen LogP contribution >= 0.6 is 0 Å². The van der Waals surface area contributed by atoms with E-state index in [2.05, 4.69) is 15.5 Å². The highest BCUT2D eigenvalue weighted by atomic mass is 16.4. The summed E-state index contributed by atoms with van der Waals surface area (Å²) < 4.78 is 6.42. The minimum absolute atomic E-state index is 0.112. The molecule has 0 saturated carbocycles. The van der Waals surface area contributed by atoms with Gasteiger partial charge < -0.3 is 9.73 Å². The lowest BCUT2D eigenvalue weighted by Crippen LogP contribution is -2.24. The third-order valence-electron chi connectivity index (χ3n) is 3.60. The number of aromatic nitrogens is 3. The summed E-state index contributed by atoms with van der Waals surface area (Å²) in [6.45, 7) is -0.112. The van der Waals surface area contributed by atoms with E-state index in [1.54, 1.807) is 36.5 Å². The van der Waals surface area contributed by atoms with Gasteiger partial charge in [0.05, 0.1) is 17.2 Å². The molecule has 7 nitrogen and oxygen atoms in total. The molecule has 0 spiro atoms. The SMILES string of the molecule is O=C(Cn1c(=O)oc2ccccc21)Nc1ccc2[nH]ncc2c1. The average Bonchev–Trinajstić information content (AvgIpc) is 3.12. The quantitative estimate of drug-likeness (QED) is 0.606. The number of benzene rings is 2. The van der Waals surface area contributed by atoms with Gasteiger partial charge in [-0.15, -0.1) is 0 Å². The first-order chi connectivity index (χ1) is 11.2. The smallest absolute Gasteiger partial charge is 0.408 e. The second-order valence-electron chi connectivity index (χ2n) is 5.14. The van der Waals surface area contributed by atoms with E-state index < -0.39 is 5.76 Å². The predicted octanol–water partition coefficient (Wildman–Crippen LogP) is 2.11. The molecule has 0 aliphatic rings. The zero-order valence-corrected chi connectivity index (χ0v) is 11.9. The zero-order chi connectivity index (χ0) is 15.8. The summed E-state index contributed by atoms with van der Waals surface area (Å²) in [5.74, 6) is -0.854. The molecule has 4 rings (SSSR count). The van der Waals surface area contributed by atoms with Crippen LogP contribution in [0.25, 0.3) is 22.0 Å². The number of carbonyl (C=O) groups excluding carboxylic acids is 1. The van der Waals surface area contributed by atoms with Crippen molar-refractivity contribution in [3.8, 4) is 0 Å². The number of amides is 1. The van der Waals surface area contributed by atoms with Crippen molar-refractivity contribution >= 4 is 33.6 Å². The topological polar surface area (TPSA) is 92.9 Å². The van der Waals surface area contributed by atoms with Gasteiger partial charge in [0.25, 0.3) is 0 Å². The highest BCUT2D eigenvalue weighted by Gasteiger charge is 2.12. The molecule has 2 aromatic carbocycles. The maximum absolute atomic E-state index is 12.2. The summed E-state index contributed by atoms with van der Waals surface area (Å²) in [4.78, 5) is 24.1.